The summed E-state index contributed by atoms with van der Waals surface area (Å²) in [6.07, 6.45) is 9.17. The Bertz CT molecular complexity index is 1230. The number of carbonyl (C=O) groups excluding carboxylic acids is 1. The lowest BCUT2D eigenvalue weighted by atomic mass is 9.99. The molecular weight excluding hydrogens is 575 g/mol. The number of nitrogens with two attached hydrogens (primary N) is 1. The third kappa shape index (κ3) is 18.3. The SMILES string of the molecule is C=C(/C=C\C)CN(N)C(=O)c1ccccc(OC)c(C)n(CCCN2CCC(C)CC2)c1.C=C(C)C.CC.Cc1ccc(F)cc1. The Kier molecular flexibility index (Phi) is 22.6. The van der Waals surface area contributed by atoms with Gasteiger partial charge in [0.15, 0.2) is 0 Å². The molecule has 0 unspecified atom stereocenters. The Morgan fingerprint density at radius 3 is 2.13 bits per heavy atom. The lowest BCUT2D eigenvalue weighted by Crippen LogP contribution is -2.38. The molecule has 1 fully saturated rings. The molecule has 1 saturated heterocycles. The van der Waals surface area contributed by atoms with Crippen molar-refractivity contribution in [3.63, 3.8) is 0 Å². The molecule has 46 heavy (non-hydrogen) atoms. The second kappa shape index (κ2) is 24.5. The van der Waals surface area contributed by atoms with Crippen molar-refractivity contribution in [2.75, 3.05) is 33.3 Å². The van der Waals surface area contributed by atoms with Crippen molar-refractivity contribution in [3.8, 4) is 5.75 Å². The molecule has 0 aliphatic carbocycles. The number of hydrogen-bond acceptors (Lipinski definition) is 4. The number of methoxy groups -OCH3 is 1. The van der Waals surface area contributed by atoms with Gasteiger partial charge in [0, 0.05) is 12.7 Å². The zero-order valence-electron chi connectivity index (χ0n) is 30.1. The van der Waals surface area contributed by atoms with Crippen molar-refractivity contribution in [1.82, 2.24) is 14.5 Å². The summed E-state index contributed by atoms with van der Waals surface area (Å²) in [5.41, 5.74) is 4.52. The first-order valence-electron chi connectivity index (χ1n) is 16.4. The van der Waals surface area contributed by atoms with Crippen LogP contribution in [0.3, 0.4) is 0 Å². The fourth-order valence-corrected chi connectivity index (χ4v) is 4.47. The third-order valence-corrected chi connectivity index (χ3v) is 6.98. The molecule has 0 atom stereocenters. The number of hydrogen-bond donors (Lipinski definition) is 1. The highest BCUT2D eigenvalue weighted by atomic mass is 19.1. The van der Waals surface area contributed by atoms with Crippen molar-refractivity contribution < 1.29 is 13.9 Å². The van der Waals surface area contributed by atoms with Crippen LogP contribution in [0.4, 0.5) is 4.39 Å². The molecule has 7 heteroatoms. The maximum absolute atomic E-state index is 13.1. The van der Waals surface area contributed by atoms with E-state index in [0.29, 0.717) is 5.56 Å². The molecule has 1 aliphatic heterocycles. The molecule has 2 heterocycles. The van der Waals surface area contributed by atoms with E-state index in [1.165, 1.54) is 48.6 Å². The molecule has 1 amide bonds. The van der Waals surface area contributed by atoms with Gasteiger partial charge in [0.25, 0.3) is 5.91 Å². The number of carbonyl (C=O) groups is 1. The Morgan fingerprint density at radius 2 is 1.61 bits per heavy atom. The standard InChI is InChI=1S/C26H40N4O2.C7H7F.C4H8.C2H6/c1-6-10-22(3)19-30(27)26(31)24-11-7-8-12-25(32-5)23(4)29(20-24)16-9-15-28-17-13-21(2)14-18-28;1-6-2-4-7(8)5-3-6;1-4(2)3;1-2/h6-8,10-12,20-21H,3,9,13-19,27H2,1-2,4-5H3;2-5H,1H3;1H2,2-3H3;1-2H3/b10-6-,11-7?,12-8?,24-20?,25-23?;;;. The lowest BCUT2D eigenvalue weighted by molar-refractivity contribution is 0.0770. The van der Waals surface area contributed by atoms with Crippen LogP contribution >= 0.6 is 0 Å². The molecule has 2 aromatic rings. The number of nitrogens with zero attached hydrogens (tertiary/aromatic N) is 3. The normalized spacial score (nSPS) is 12.7. The molecule has 6 nitrogen and oxygen atoms in total. The largest absolute Gasteiger partial charge is 0.495 e. The van der Waals surface area contributed by atoms with Crippen LogP contribution in [0.25, 0.3) is 0 Å². The highest BCUT2D eigenvalue weighted by Crippen LogP contribution is 2.18. The Hall–Kier alpha value is -3.68. The Balaban J connectivity index is 0.00000120. The fourth-order valence-electron chi connectivity index (χ4n) is 4.47. The lowest BCUT2D eigenvalue weighted by Gasteiger charge is -2.30. The van der Waals surface area contributed by atoms with Crippen LogP contribution in [0.5, 0.6) is 5.75 Å². The van der Waals surface area contributed by atoms with Crippen LogP contribution in [0.1, 0.15) is 82.4 Å². The number of allylic oxidation sites excluding steroid dienone is 2. The summed E-state index contributed by atoms with van der Waals surface area (Å²) in [7, 11) is 1.67. The van der Waals surface area contributed by atoms with Gasteiger partial charge in [-0.2, -0.15) is 0 Å². The number of hydrazine groups is 1. The van der Waals surface area contributed by atoms with Gasteiger partial charge in [-0.3, -0.25) is 9.80 Å². The average Bonchev–Trinajstić information content (AvgIpc) is 3.09. The molecular formula is C39H61FN4O2. The molecule has 3 rings (SSSR count). The molecule has 0 spiro atoms. The minimum atomic E-state index is -0.246. The first-order valence-corrected chi connectivity index (χ1v) is 16.4. The van der Waals surface area contributed by atoms with Crippen LogP contribution in [-0.2, 0) is 6.54 Å². The van der Waals surface area contributed by atoms with Gasteiger partial charge >= 0.3 is 0 Å². The molecule has 1 aliphatic rings. The number of aryl methyl sites for hydroxylation is 2. The average molecular weight is 637 g/mol. The Labute approximate surface area is 279 Å². The number of rotatable bonds is 9. The van der Waals surface area contributed by atoms with Gasteiger partial charge < -0.3 is 14.2 Å². The number of ether oxygens (including phenoxy) is 1. The molecule has 1 aromatic heterocycles. The van der Waals surface area contributed by atoms with E-state index in [1.54, 1.807) is 25.3 Å². The number of amides is 1. The molecule has 256 valence electrons. The van der Waals surface area contributed by atoms with Gasteiger partial charge in [0.2, 0.25) is 0 Å². The zero-order valence-corrected chi connectivity index (χ0v) is 30.1. The van der Waals surface area contributed by atoms with Crippen LogP contribution in [0.15, 0.2) is 91.2 Å². The highest BCUT2D eigenvalue weighted by Gasteiger charge is 2.16. The third-order valence-electron chi connectivity index (χ3n) is 6.98. The fraction of sp³-hybridized carbons (Fsp3) is 0.462. The number of likely N-dealkylation sites (tertiary alicyclic amines) is 1. The molecule has 0 radical (unpaired) electrons. The van der Waals surface area contributed by atoms with Crippen LogP contribution in [0.2, 0.25) is 0 Å². The zero-order chi connectivity index (χ0) is 35.1. The van der Waals surface area contributed by atoms with E-state index in [2.05, 4.69) is 29.5 Å². The second-order valence-corrected chi connectivity index (χ2v) is 11.6. The number of aromatic nitrogens is 1. The van der Waals surface area contributed by atoms with E-state index in [1.807, 2.05) is 85.0 Å². The quantitative estimate of drug-likeness (QED) is 0.0980. The van der Waals surface area contributed by atoms with Gasteiger partial charge in [-0.15, -0.1) is 6.58 Å². The molecule has 1 aromatic carbocycles. The maximum Gasteiger partial charge on any atom is 0.269 e. The van der Waals surface area contributed by atoms with Crippen molar-refractivity contribution in [3.05, 3.63) is 114 Å². The predicted molar refractivity (Wildman–Crippen MR) is 195 cm³/mol. The number of piperidine rings is 1. The summed E-state index contributed by atoms with van der Waals surface area (Å²) in [6.45, 7) is 28.1. The van der Waals surface area contributed by atoms with Crippen molar-refractivity contribution in [2.45, 2.75) is 81.2 Å². The highest BCUT2D eigenvalue weighted by molar-refractivity contribution is 5.93. The van der Waals surface area contributed by atoms with E-state index >= 15 is 0 Å². The first-order chi connectivity index (χ1) is 21.9. The monoisotopic (exact) mass is 636 g/mol. The van der Waals surface area contributed by atoms with Gasteiger partial charge in [-0.05, 0) is 109 Å². The second-order valence-electron chi connectivity index (χ2n) is 11.6. The van der Waals surface area contributed by atoms with Gasteiger partial charge in [-0.25, -0.2) is 10.2 Å². The summed E-state index contributed by atoms with van der Waals surface area (Å²) in [5.74, 6) is 7.27. The summed E-state index contributed by atoms with van der Waals surface area (Å²) >= 11 is 0. The van der Waals surface area contributed by atoms with E-state index < -0.39 is 0 Å². The van der Waals surface area contributed by atoms with E-state index in [0.717, 1.165) is 48.0 Å². The minimum absolute atomic E-state index is 0.171. The van der Waals surface area contributed by atoms with Crippen LogP contribution in [0, 0.1) is 25.6 Å². The summed E-state index contributed by atoms with van der Waals surface area (Å²) < 4.78 is 19.8. The van der Waals surface area contributed by atoms with E-state index in [-0.39, 0.29) is 18.3 Å². The van der Waals surface area contributed by atoms with E-state index in [9.17, 15) is 9.18 Å². The first kappa shape index (κ1) is 42.3. The minimum Gasteiger partial charge on any atom is -0.495 e. The molecule has 2 N–H and O–H groups in total. The molecule has 0 saturated carbocycles. The van der Waals surface area contributed by atoms with E-state index in [4.69, 9.17) is 10.6 Å². The van der Waals surface area contributed by atoms with Crippen LogP contribution < -0.4 is 10.6 Å². The number of benzene rings is 1. The number of halogens is 1. The van der Waals surface area contributed by atoms with Crippen LogP contribution in [-0.4, -0.2) is 53.7 Å². The molecule has 0 bridgehead atoms. The summed E-state index contributed by atoms with van der Waals surface area (Å²) in [4.78, 5) is 15.6. The predicted octanol–water partition coefficient (Wildman–Crippen LogP) is 9.24. The van der Waals surface area contributed by atoms with Gasteiger partial charge in [-0.1, -0.05) is 74.9 Å². The summed E-state index contributed by atoms with van der Waals surface area (Å²) in [6, 6.07) is 13.8. The van der Waals surface area contributed by atoms with Gasteiger partial charge in [0.05, 0.1) is 24.9 Å². The topological polar surface area (TPSA) is 63.7 Å². The maximum atomic E-state index is 13.1. The van der Waals surface area contributed by atoms with Crippen molar-refractivity contribution in [1.29, 1.82) is 0 Å². The van der Waals surface area contributed by atoms with Gasteiger partial charge in [0.1, 0.15) is 11.6 Å². The van der Waals surface area contributed by atoms with Crippen molar-refractivity contribution in [2.24, 2.45) is 11.8 Å². The Morgan fingerprint density at radius 1 is 1.04 bits per heavy atom. The van der Waals surface area contributed by atoms with Crippen molar-refractivity contribution >= 4 is 5.91 Å². The smallest absolute Gasteiger partial charge is 0.269 e. The summed E-state index contributed by atoms with van der Waals surface area (Å²) in [5, 5.41) is 1.21.